The molecule has 1 amide bonds. The van der Waals surface area contributed by atoms with E-state index in [0.717, 1.165) is 23.7 Å². The van der Waals surface area contributed by atoms with Gasteiger partial charge in [0.15, 0.2) is 0 Å². The minimum atomic E-state index is -0.178. The third-order valence-electron chi connectivity index (χ3n) is 3.97. The summed E-state index contributed by atoms with van der Waals surface area (Å²) in [7, 11) is 0. The molecule has 0 spiro atoms. The lowest BCUT2D eigenvalue weighted by Gasteiger charge is -2.26. The number of aryl methyl sites for hydroxylation is 1. The van der Waals surface area contributed by atoms with Crippen molar-refractivity contribution < 1.29 is 4.79 Å². The first-order chi connectivity index (χ1) is 10.6. The van der Waals surface area contributed by atoms with E-state index in [1.165, 1.54) is 21.8 Å². The van der Waals surface area contributed by atoms with Gasteiger partial charge in [-0.15, -0.1) is 0 Å². The zero-order valence-corrected chi connectivity index (χ0v) is 13.7. The molecule has 0 saturated carbocycles. The molecule has 0 radical (unpaired) electrons. The number of nitrogens with zero attached hydrogens (tertiary/aromatic N) is 1. The Bertz CT molecular complexity index is 754. The third-order valence-corrected chi connectivity index (χ3v) is 4.44. The smallest absolute Gasteiger partial charge is 0.251 e. The van der Waals surface area contributed by atoms with Crippen LogP contribution in [0.15, 0.2) is 51.9 Å². The van der Waals surface area contributed by atoms with Gasteiger partial charge in [0, 0.05) is 16.7 Å². The quantitative estimate of drug-likeness (QED) is 0.914. The summed E-state index contributed by atoms with van der Waals surface area (Å²) in [6.07, 6.45) is 4.71. The zero-order valence-electron chi connectivity index (χ0n) is 12.1. The SMILES string of the molecule is O=C(Cn1cc(Br)ccc1=O)NC1CCCc2ccccc21. The van der Waals surface area contributed by atoms with Gasteiger partial charge in [0.1, 0.15) is 6.54 Å². The highest BCUT2D eigenvalue weighted by Crippen LogP contribution is 2.29. The van der Waals surface area contributed by atoms with E-state index < -0.39 is 0 Å². The molecule has 0 saturated heterocycles. The van der Waals surface area contributed by atoms with Gasteiger partial charge < -0.3 is 9.88 Å². The van der Waals surface area contributed by atoms with Crippen molar-refractivity contribution in [1.29, 1.82) is 0 Å². The molecule has 4 nitrogen and oxygen atoms in total. The van der Waals surface area contributed by atoms with E-state index in [1.54, 1.807) is 12.3 Å². The number of pyridine rings is 1. The molecule has 1 unspecified atom stereocenters. The summed E-state index contributed by atoms with van der Waals surface area (Å²) in [6, 6.07) is 11.4. The molecule has 1 N–H and O–H groups in total. The Morgan fingerprint density at radius 2 is 2.09 bits per heavy atom. The molecule has 22 heavy (non-hydrogen) atoms. The summed E-state index contributed by atoms with van der Waals surface area (Å²) >= 11 is 3.31. The maximum atomic E-state index is 12.3. The fourth-order valence-corrected chi connectivity index (χ4v) is 3.30. The van der Waals surface area contributed by atoms with Crippen molar-refractivity contribution in [1.82, 2.24) is 9.88 Å². The van der Waals surface area contributed by atoms with Crippen LogP contribution in [0, 0.1) is 0 Å². The van der Waals surface area contributed by atoms with Crippen molar-refractivity contribution >= 4 is 21.8 Å². The minimum Gasteiger partial charge on any atom is -0.348 e. The molecule has 3 rings (SSSR count). The highest BCUT2D eigenvalue weighted by atomic mass is 79.9. The topological polar surface area (TPSA) is 51.1 Å². The van der Waals surface area contributed by atoms with Crippen molar-refractivity contribution in [3.8, 4) is 0 Å². The molecule has 0 aliphatic heterocycles. The monoisotopic (exact) mass is 360 g/mol. The van der Waals surface area contributed by atoms with Crippen LogP contribution in [0.1, 0.15) is 30.0 Å². The summed E-state index contributed by atoms with van der Waals surface area (Å²) in [5, 5.41) is 3.06. The second-order valence-corrected chi connectivity index (χ2v) is 6.44. The summed E-state index contributed by atoms with van der Waals surface area (Å²) < 4.78 is 2.19. The second-order valence-electron chi connectivity index (χ2n) is 5.52. The Morgan fingerprint density at radius 3 is 2.95 bits per heavy atom. The number of rotatable bonds is 3. The second kappa shape index (κ2) is 6.48. The predicted octanol–water partition coefficient (Wildman–Crippen LogP) is 2.80. The standard InChI is InChI=1S/C17H17BrN2O2/c18-13-8-9-17(22)20(10-13)11-16(21)19-15-7-3-5-12-4-1-2-6-14(12)15/h1-2,4,6,8-10,15H,3,5,7,11H2,(H,19,21). The lowest BCUT2D eigenvalue weighted by atomic mass is 9.88. The van der Waals surface area contributed by atoms with Crippen LogP contribution in [0.5, 0.6) is 0 Å². The number of amides is 1. The maximum absolute atomic E-state index is 12.3. The van der Waals surface area contributed by atoms with Gasteiger partial charge in [-0.2, -0.15) is 0 Å². The van der Waals surface area contributed by atoms with Gasteiger partial charge in [0.2, 0.25) is 5.91 Å². The molecular formula is C17H17BrN2O2. The third kappa shape index (κ3) is 3.30. The van der Waals surface area contributed by atoms with Crippen molar-refractivity contribution in [2.45, 2.75) is 31.8 Å². The Labute approximate surface area is 137 Å². The van der Waals surface area contributed by atoms with Gasteiger partial charge in [-0.05, 0) is 52.4 Å². The molecule has 0 fully saturated rings. The number of carbonyl (C=O) groups excluding carboxylic acids is 1. The molecule has 1 aliphatic rings. The Morgan fingerprint density at radius 1 is 1.27 bits per heavy atom. The van der Waals surface area contributed by atoms with Gasteiger partial charge in [0.05, 0.1) is 6.04 Å². The van der Waals surface area contributed by atoms with Gasteiger partial charge >= 0.3 is 0 Å². The number of carbonyl (C=O) groups is 1. The molecule has 5 heteroatoms. The van der Waals surface area contributed by atoms with E-state index in [2.05, 4.69) is 33.4 Å². The first kappa shape index (κ1) is 15.0. The summed E-state index contributed by atoms with van der Waals surface area (Å²) in [6.45, 7) is 0.0386. The lowest BCUT2D eigenvalue weighted by molar-refractivity contribution is -0.122. The molecule has 1 aromatic carbocycles. The predicted molar refractivity (Wildman–Crippen MR) is 88.7 cm³/mol. The van der Waals surface area contributed by atoms with Gasteiger partial charge in [-0.1, -0.05) is 24.3 Å². The van der Waals surface area contributed by atoms with Crippen LogP contribution in [0.2, 0.25) is 0 Å². The number of hydrogen-bond acceptors (Lipinski definition) is 2. The number of fused-ring (bicyclic) bond motifs is 1. The van der Waals surface area contributed by atoms with Crippen LogP contribution >= 0.6 is 15.9 Å². The zero-order chi connectivity index (χ0) is 15.5. The van der Waals surface area contributed by atoms with Crippen molar-refractivity contribution in [2.75, 3.05) is 0 Å². The summed E-state index contributed by atoms with van der Waals surface area (Å²) in [4.78, 5) is 24.0. The Hall–Kier alpha value is -1.88. The fraction of sp³-hybridized carbons (Fsp3) is 0.294. The summed E-state index contributed by atoms with van der Waals surface area (Å²) in [5.74, 6) is -0.137. The van der Waals surface area contributed by atoms with E-state index in [-0.39, 0.29) is 24.1 Å². The number of nitrogens with one attached hydrogen (secondary N) is 1. The van der Waals surface area contributed by atoms with Crippen molar-refractivity contribution in [2.24, 2.45) is 0 Å². The van der Waals surface area contributed by atoms with Gasteiger partial charge in [-0.25, -0.2) is 0 Å². The van der Waals surface area contributed by atoms with Crippen LogP contribution in [0.25, 0.3) is 0 Å². The van der Waals surface area contributed by atoms with Crippen LogP contribution in [-0.2, 0) is 17.8 Å². The largest absolute Gasteiger partial charge is 0.348 e. The van der Waals surface area contributed by atoms with Crippen molar-refractivity contribution in [3.05, 3.63) is 68.5 Å². The Kier molecular flexibility index (Phi) is 4.43. The van der Waals surface area contributed by atoms with Crippen LogP contribution in [0.4, 0.5) is 0 Å². The first-order valence-corrected chi connectivity index (χ1v) is 8.16. The van der Waals surface area contributed by atoms with Crippen molar-refractivity contribution in [3.63, 3.8) is 0 Å². The summed E-state index contributed by atoms with van der Waals surface area (Å²) in [5.41, 5.74) is 2.32. The average Bonchev–Trinajstić information content (AvgIpc) is 2.51. The fourth-order valence-electron chi connectivity index (χ4n) is 2.92. The van der Waals surface area contributed by atoms with E-state index in [0.29, 0.717) is 0 Å². The maximum Gasteiger partial charge on any atom is 0.251 e. The molecule has 1 aromatic heterocycles. The highest BCUT2D eigenvalue weighted by molar-refractivity contribution is 9.10. The van der Waals surface area contributed by atoms with E-state index in [9.17, 15) is 9.59 Å². The molecule has 1 heterocycles. The average molecular weight is 361 g/mol. The lowest BCUT2D eigenvalue weighted by Crippen LogP contribution is -2.35. The highest BCUT2D eigenvalue weighted by Gasteiger charge is 2.21. The number of halogens is 1. The molecule has 114 valence electrons. The molecular weight excluding hydrogens is 344 g/mol. The van der Waals surface area contributed by atoms with Gasteiger partial charge in [0.25, 0.3) is 5.56 Å². The molecule has 1 atom stereocenters. The molecule has 2 aromatic rings. The number of aromatic nitrogens is 1. The van der Waals surface area contributed by atoms with Crippen LogP contribution < -0.4 is 10.9 Å². The minimum absolute atomic E-state index is 0.0386. The first-order valence-electron chi connectivity index (χ1n) is 7.36. The van der Waals surface area contributed by atoms with E-state index in [4.69, 9.17) is 0 Å². The number of hydrogen-bond donors (Lipinski definition) is 1. The van der Waals surface area contributed by atoms with Crippen LogP contribution in [0.3, 0.4) is 0 Å². The normalized spacial score (nSPS) is 16.9. The van der Waals surface area contributed by atoms with E-state index >= 15 is 0 Å². The molecule has 0 bridgehead atoms. The Balaban J connectivity index is 1.73. The van der Waals surface area contributed by atoms with Crippen LogP contribution in [-0.4, -0.2) is 10.5 Å². The van der Waals surface area contributed by atoms with E-state index in [1.807, 2.05) is 12.1 Å². The number of benzene rings is 1. The molecule has 1 aliphatic carbocycles. The van der Waals surface area contributed by atoms with Gasteiger partial charge in [-0.3, -0.25) is 9.59 Å².